The molecule has 1 fully saturated rings. The molecule has 0 unspecified atom stereocenters. The molecule has 1 heterocycles. The van der Waals surface area contributed by atoms with Crippen LogP contribution in [0.3, 0.4) is 0 Å². The second-order valence-corrected chi connectivity index (χ2v) is 4.93. The minimum atomic E-state index is -0.109. The van der Waals surface area contributed by atoms with Crippen molar-refractivity contribution in [3.05, 3.63) is 9.81 Å². The molecule has 0 atom stereocenters. The third-order valence-corrected chi connectivity index (χ3v) is 3.92. The van der Waals surface area contributed by atoms with E-state index in [2.05, 4.69) is 25.3 Å². The molecule has 1 saturated heterocycles. The molecule has 0 N–H and O–H groups in total. The van der Waals surface area contributed by atoms with E-state index >= 15 is 0 Å². The van der Waals surface area contributed by atoms with E-state index in [0.717, 1.165) is 23.1 Å². The molecule has 0 bridgehead atoms. The van der Waals surface area contributed by atoms with E-state index in [1.165, 1.54) is 0 Å². The fourth-order valence-corrected chi connectivity index (χ4v) is 1.52. The molecule has 0 aromatic carbocycles. The van der Waals surface area contributed by atoms with Crippen molar-refractivity contribution in [3.63, 3.8) is 0 Å². The first-order valence-corrected chi connectivity index (χ1v) is 6.37. The van der Waals surface area contributed by atoms with Crippen molar-refractivity contribution < 1.29 is 16.5 Å². The maximum atomic E-state index is 8.01. The Morgan fingerprint density at radius 2 is 1.26 bits per heavy atom. The molecular formula is C10H10N4NiS4. The number of hydrogen-bond donors (Lipinski definition) is 0. The number of likely N-dealkylation sites (N-methyl/N-ethyl adjacent to an activating group) is 2. The monoisotopic (exact) mass is 372 g/mol. The van der Waals surface area contributed by atoms with Gasteiger partial charge in [-0.2, -0.15) is 10.5 Å². The summed E-state index contributed by atoms with van der Waals surface area (Å²) in [5.74, 6) is 0. The van der Waals surface area contributed by atoms with E-state index in [1.54, 1.807) is 12.1 Å². The van der Waals surface area contributed by atoms with Crippen molar-refractivity contribution in [2.24, 2.45) is 0 Å². The van der Waals surface area contributed by atoms with Crippen LogP contribution in [0, 0.1) is 22.7 Å². The van der Waals surface area contributed by atoms with E-state index in [1.807, 2.05) is 23.9 Å². The minimum Gasteiger partial charge on any atom is -0.770 e. The van der Waals surface area contributed by atoms with Crippen LogP contribution < -0.4 is 0 Å². The van der Waals surface area contributed by atoms with E-state index in [4.69, 9.17) is 35.0 Å². The Morgan fingerprint density at radius 1 is 1.00 bits per heavy atom. The maximum Gasteiger partial charge on any atom is 2.00 e. The summed E-state index contributed by atoms with van der Waals surface area (Å²) >= 11 is 18.8. The summed E-state index contributed by atoms with van der Waals surface area (Å²) in [4.78, 5) is 5.40. The number of piperazine rings is 1. The smallest absolute Gasteiger partial charge is 0.770 e. The zero-order chi connectivity index (χ0) is 14.3. The van der Waals surface area contributed by atoms with Gasteiger partial charge in [0.15, 0.2) is 0 Å². The molecule has 0 spiro atoms. The van der Waals surface area contributed by atoms with Crippen LogP contribution in [-0.2, 0) is 41.7 Å². The molecule has 4 nitrogen and oxygen atoms in total. The average Bonchev–Trinajstić information content (AvgIpc) is 2.39. The molecule has 1 aliphatic rings. The van der Waals surface area contributed by atoms with Gasteiger partial charge in [-0.05, 0) is 0 Å². The number of thiocarbonyl (C=S) groups is 2. The third kappa shape index (κ3) is 6.96. The molecular weight excluding hydrogens is 363 g/mol. The molecule has 0 amide bonds. The summed E-state index contributed by atoms with van der Waals surface area (Å²) in [5.41, 5.74) is 0. The molecule has 0 saturated carbocycles. The molecule has 104 valence electrons. The maximum absolute atomic E-state index is 8.01. The van der Waals surface area contributed by atoms with Crippen molar-refractivity contribution >= 4 is 59.7 Å². The van der Waals surface area contributed by atoms with Gasteiger partial charge < -0.3 is 35.1 Å². The number of nitriles is 2. The van der Waals surface area contributed by atoms with E-state index < -0.39 is 0 Å². The second-order valence-electron chi connectivity index (χ2n) is 3.34. The number of nitrogens with zero attached hydrogens (tertiary/aromatic N) is 4. The Morgan fingerprint density at radius 3 is 1.47 bits per heavy atom. The molecule has 19 heavy (non-hydrogen) atoms. The van der Waals surface area contributed by atoms with Gasteiger partial charge in [-0.1, -0.05) is 24.4 Å². The number of hydrogen-bond acceptors (Lipinski definition) is 6. The van der Waals surface area contributed by atoms with Crippen LogP contribution in [0.15, 0.2) is 9.81 Å². The van der Waals surface area contributed by atoms with Crippen molar-refractivity contribution in [1.29, 1.82) is 10.5 Å². The number of allylic oxidation sites excluding steroid dienone is 2. The zero-order valence-corrected chi connectivity index (χ0v) is 14.4. The Hall–Kier alpha value is -0.566. The summed E-state index contributed by atoms with van der Waals surface area (Å²) in [7, 11) is 3.95. The first-order chi connectivity index (χ1) is 8.34. The largest absolute Gasteiger partial charge is 2.00 e. The van der Waals surface area contributed by atoms with Gasteiger partial charge in [-0.15, -0.1) is 9.81 Å². The first-order valence-electron chi connectivity index (χ1n) is 4.74. The Bertz CT molecular complexity index is 421. The van der Waals surface area contributed by atoms with Gasteiger partial charge in [-0.25, -0.2) is 0 Å². The Kier molecular flexibility index (Phi) is 11.2. The van der Waals surface area contributed by atoms with Gasteiger partial charge in [0.05, 0.1) is 12.1 Å². The normalized spacial score (nSPS) is 15.2. The summed E-state index contributed by atoms with van der Waals surface area (Å²) in [5, 5.41) is 16.0. The topological polar surface area (TPSA) is 54.1 Å². The van der Waals surface area contributed by atoms with Gasteiger partial charge in [0.1, 0.15) is 9.98 Å². The van der Waals surface area contributed by atoms with E-state index in [9.17, 15) is 0 Å². The van der Waals surface area contributed by atoms with Gasteiger partial charge in [0.25, 0.3) is 0 Å². The van der Waals surface area contributed by atoms with Gasteiger partial charge in [0, 0.05) is 27.2 Å². The fourth-order valence-electron chi connectivity index (χ4n) is 0.931. The first kappa shape index (κ1) is 20.7. The Balaban J connectivity index is 0. The van der Waals surface area contributed by atoms with Gasteiger partial charge in [0.2, 0.25) is 0 Å². The predicted molar refractivity (Wildman–Crippen MR) is 83.4 cm³/mol. The SMILES string of the molecule is CN1CCN(C)C(=S)C1=S.N#C/C([S-])=C(/[S-])C#N.[Ni+2]. The van der Waals surface area contributed by atoms with Crippen LogP contribution >= 0.6 is 24.4 Å². The quantitative estimate of drug-likeness (QED) is 0.268. The summed E-state index contributed by atoms with van der Waals surface area (Å²) in [6.45, 7) is 1.96. The van der Waals surface area contributed by atoms with Crippen molar-refractivity contribution in [1.82, 2.24) is 9.80 Å². The summed E-state index contributed by atoms with van der Waals surface area (Å²) < 4.78 is 0. The number of rotatable bonds is 0. The fraction of sp³-hybridized carbons (Fsp3) is 0.400. The van der Waals surface area contributed by atoms with Crippen LogP contribution in [0.4, 0.5) is 0 Å². The molecule has 1 rings (SSSR count). The average molecular weight is 373 g/mol. The van der Waals surface area contributed by atoms with Gasteiger partial charge >= 0.3 is 16.5 Å². The molecule has 9 heteroatoms. The van der Waals surface area contributed by atoms with Crippen molar-refractivity contribution in [2.45, 2.75) is 0 Å². The predicted octanol–water partition coefficient (Wildman–Crippen LogP) is 0.855. The standard InChI is InChI=1S/C6H10N2S2.C4H2N2S2.Ni/c1-7-3-4-8(2)6(10)5(7)9;5-1-3(7)4(8)2-6;/h3-4H2,1-2H3;7-8H;/q;;+2/p-2/b;4-3-;. The Labute approximate surface area is 145 Å². The summed E-state index contributed by atoms with van der Waals surface area (Å²) in [6.07, 6.45) is 0. The van der Waals surface area contributed by atoms with Crippen molar-refractivity contribution in [2.75, 3.05) is 27.2 Å². The van der Waals surface area contributed by atoms with Crippen LogP contribution in [0.1, 0.15) is 0 Å². The molecule has 0 aliphatic carbocycles. The molecule has 1 aliphatic heterocycles. The van der Waals surface area contributed by atoms with Gasteiger partial charge in [-0.3, -0.25) is 0 Å². The second kappa shape index (κ2) is 10.2. The van der Waals surface area contributed by atoms with E-state index in [-0.39, 0.29) is 26.3 Å². The van der Waals surface area contributed by atoms with Crippen LogP contribution in [0.2, 0.25) is 0 Å². The molecule has 0 radical (unpaired) electrons. The van der Waals surface area contributed by atoms with Crippen LogP contribution in [-0.4, -0.2) is 47.0 Å². The molecule has 0 aromatic rings. The summed E-state index contributed by atoms with van der Waals surface area (Å²) in [6, 6.07) is 3.17. The van der Waals surface area contributed by atoms with Crippen molar-refractivity contribution in [3.8, 4) is 12.1 Å². The van der Waals surface area contributed by atoms with E-state index in [0.29, 0.717) is 0 Å². The molecule has 0 aromatic heterocycles. The third-order valence-electron chi connectivity index (χ3n) is 2.06. The zero-order valence-electron chi connectivity index (χ0n) is 10.2. The van der Waals surface area contributed by atoms with Crippen LogP contribution in [0.5, 0.6) is 0 Å². The minimum absolute atomic E-state index is 0. The van der Waals surface area contributed by atoms with Crippen LogP contribution in [0.25, 0.3) is 0 Å².